The standard InChI is InChI=1S/C29H20F3N5O2S/c1-17-8-5-6-13-22(17)37-27(38)25-24(21(15-33-25)18-9-3-2-4-10-18)35-28(37)40-16-23-34-26(36-39-23)19-11-7-12-20(14-19)29(30,31)32/h2-15,33H,16H2,1H3. The van der Waals surface area contributed by atoms with Gasteiger partial charge in [-0.15, -0.1) is 0 Å². The van der Waals surface area contributed by atoms with Gasteiger partial charge in [-0.05, 0) is 36.2 Å². The van der Waals surface area contributed by atoms with Crippen LogP contribution in [0.5, 0.6) is 0 Å². The molecule has 0 saturated heterocycles. The van der Waals surface area contributed by atoms with Crippen LogP contribution in [0.2, 0.25) is 0 Å². The molecule has 1 N–H and O–H groups in total. The average Bonchev–Trinajstić information content (AvgIpc) is 3.61. The quantitative estimate of drug-likeness (QED) is 0.174. The highest BCUT2D eigenvalue weighted by Crippen LogP contribution is 2.33. The third-order valence-corrected chi connectivity index (χ3v) is 7.27. The molecule has 40 heavy (non-hydrogen) atoms. The second kappa shape index (κ2) is 10.2. The summed E-state index contributed by atoms with van der Waals surface area (Å²) >= 11 is 1.22. The van der Waals surface area contributed by atoms with Gasteiger partial charge in [0.25, 0.3) is 5.56 Å². The van der Waals surface area contributed by atoms with Crippen molar-refractivity contribution in [2.45, 2.75) is 24.0 Å². The fourth-order valence-electron chi connectivity index (χ4n) is 4.39. The van der Waals surface area contributed by atoms with E-state index < -0.39 is 11.7 Å². The van der Waals surface area contributed by atoms with Gasteiger partial charge in [-0.2, -0.15) is 18.2 Å². The molecule has 11 heteroatoms. The van der Waals surface area contributed by atoms with Gasteiger partial charge in [-0.3, -0.25) is 9.36 Å². The summed E-state index contributed by atoms with van der Waals surface area (Å²) in [6.07, 6.45) is -2.72. The van der Waals surface area contributed by atoms with Gasteiger partial charge < -0.3 is 9.51 Å². The van der Waals surface area contributed by atoms with Gasteiger partial charge in [0.1, 0.15) is 11.0 Å². The van der Waals surface area contributed by atoms with Crippen molar-refractivity contribution in [2.24, 2.45) is 0 Å². The zero-order valence-electron chi connectivity index (χ0n) is 20.9. The summed E-state index contributed by atoms with van der Waals surface area (Å²) in [6.45, 7) is 1.91. The van der Waals surface area contributed by atoms with Crippen molar-refractivity contribution in [1.82, 2.24) is 24.7 Å². The van der Waals surface area contributed by atoms with Crippen molar-refractivity contribution < 1.29 is 17.7 Å². The second-order valence-electron chi connectivity index (χ2n) is 8.99. The van der Waals surface area contributed by atoms with Crippen LogP contribution in [-0.2, 0) is 11.9 Å². The predicted octanol–water partition coefficient (Wildman–Crippen LogP) is 7.05. The fourth-order valence-corrected chi connectivity index (χ4v) is 5.23. The van der Waals surface area contributed by atoms with Gasteiger partial charge in [0.05, 0.1) is 17.0 Å². The van der Waals surface area contributed by atoms with E-state index in [2.05, 4.69) is 15.1 Å². The maximum absolute atomic E-state index is 13.8. The normalized spacial score (nSPS) is 11.8. The molecule has 0 saturated carbocycles. The van der Waals surface area contributed by atoms with Crippen LogP contribution in [-0.4, -0.2) is 24.7 Å². The van der Waals surface area contributed by atoms with Gasteiger partial charge >= 0.3 is 6.18 Å². The Hall–Kier alpha value is -4.64. The maximum atomic E-state index is 13.8. The van der Waals surface area contributed by atoms with Gasteiger partial charge in [-0.25, -0.2) is 4.98 Å². The molecule has 3 heterocycles. The topological polar surface area (TPSA) is 89.6 Å². The van der Waals surface area contributed by atoms with E-state index in [-0.39, 0.29) is 28.6 Å². The Morgan fingerprint density at radius 3 is 2.48 bits per heavy atom. The lowest BCUT2D eigenvalue weighted by Gasteiger charge is -2.14. The molecule has 0 spiro atoms. The molecule has 0 unspecified atom stereocenters. The van der Waals surface area contributed by atoms with E-state index in [9.17, 15) is 18.0 Å². The summed E-state index contributed by atoms with van der Waals surface area (Å²) in [4.78, 5) is 26.1. The van der Waals surface area contributed by atoms with Crippen LogP contribution in [0.3, 0.4) is 0 Å². The van der Waals surface area contributed by atoms with Crippen LogP contribution >= 0.6 is 11.8 Å². The smallest absolute Gasteiger partial charge is 0.355 e. The third-order valence-electron chi connectivity index (χ3n) is 6.35. The first-order chi connectivity index (χ1) is 19.3. The van der Waals surface area contributed by atoms with Crippen molar-refractivity contribution in [1.29, 1.82) is 0 Å². The number of aromatic amines is 1. The lowest BCUT2D eigenvalue weighted by molar-refractivity contribution is -0.137. The Balaban J connectivity index is 1.39. The number of aryl methyl sites for hydroxylation is 1. The number of hydrogen-bond donors (Lipinski definition) is 1. The number of aromatic nitrogens is 5. The predicted molar refractivity (Wildman–Crippen MR) is 146 cm³/mol. The highest BCUT2D eigenvalue weighted by molar-refractivity contribution is 7.98. The summed E-state index contributed by atoms with van der Waals surface area (Å²) in [5.41, 5.74) is 3.28. The molecular weight excluding hydrogens is 539 g/mol. The zero-order valence-corrected chi connectivity index (χ0v) is 21.8. The summed E-state index contributed by atoms with van der Waals surface area (Å²) in [6, 6.07) is 21.8. The SMILES string of the molecule is Cc1ccccc1-n1c(SCc2nc(-c3cccc(C(F)(F)F)c3)no2)nc2c(-c3ccccc3)c[nH]c2c1=O. The molecule has 0 fully saturated rings. The van der Waals surface area contributed by atoms with Crippen LogP contribution in [0.4, 0.5) is 13.2 Å². The Morgan fingerprint density at radius 1 is 0.950 bits per heavy atom. The number of nitrogens with one attached hydrogen (secondary N) is 1. The van der Waals surface area contributed by atoms with Gasteiger partial charge in [-0.1, -0.05) is 77.6 Å². The number of benzene rings is 3. The van der Waals surface area contributed by atoms with E-state index in [0.717, 1.165) is 28.8 Å². The minimum atomic E-state index is -4.49. The maximum Gasteiger partial charge on any atom is 0.416 e. The molecule has 0 bridgehead atoms. The summed E-state index contributed by atoms with van der Waals surface area (Å²) in [5.74, 6) is 0.361. The lowest BCUT2D eigenvalue weighted by atomic mass is 10.1. The Labute approximate surface area is 229 Å². The largest absolute Gasteiger partial charge is 0.416 e. The zero-order chi connectivity index (χ0) is 27.9. The van der Waals surface area contributed by atoms with Crippen LogP contribution in [0, 0.1) is 6.92 Å². The van der Waals surface area contributed by atoms with Crippen LogP contribution in [0.15, 0.2) is 99.5 Å². The first kappa shape index (κ1) is 25.6. The summed E-state index contributed by atoms with van der Waals surface area (Å²) < 4.78 is 46.4. The Morgan fingerprint density at radius 2 is 1.70 bits per heavy atom. The molecule has 0 radical (unpaired) electrons. The number of alkyl halides is 3. The van der Waals surface area contributed by atoms with Crippen LogP contribution in [0.1, 0.15) is 17.0 Å². The minimum absolute atomic E-state index is 0.0402. The Kier molecular flexibility index (Phi) is 6.51. The molecule has 6 rings (SSSR count). The van der Waals surface area contributed by atoms with Crippen molar-refractivity contribution in [3.63, 3.8) is 0 Å². The number of rotatable bonds is 6. The monoisotopic (exact) mass is 559 g/mol. The van der Waals surface area contributed by atoms with E-state index in [1.54, 1.807) is 6.20 Å². The highest BCUT2D eigenvalue weighted by Gasteiger charge is 2.31. The fraction of sp³-hybridized carbons (Fsp3) is 0.103. The number of thioether (sulfide) groups is 1. The molecule has 0 aliphatic rings. The molecule has 0 atom stereocenters. The Bertz CT molecular complexity index is 1890. The summed E-state index contributed by atoms with van der Waals surface area (Å²) in [7, 11) is 0. The van der Waals surface area contributed by atoms with E-state index in [1.807, 2.05) is 61.5 Å². The molecule has 0 aliphatic heterocycles. The molecular formula is C29H20F3N5O2S. The number of para-hydroxylation sites is 1. The molecule has 6 aromatic rings. The lowest BCUT2D eigenvalue weighted by Crippen LogP contribution is -2.22. The molecule has 3 aromatic carbocycles. The number of halogens is 3. The number of fused-ring (bicyclic) bond motifs is 1. The molecule has 0 aliphatic carbocycles. The number of hydrogen-bond acceptors (Lipinski definition) is 6. The molecule has 3 aromatic heterocycles. The van der Waals surface area contributed by atoms with Gasteiger partial charge in [0.2, 0.25) is 11.7 Å². The highest BCUT2D eigenvalue weighted by atomic mass is 32.2. The molecule has 7 nitrogen and oxygen atoms in total. The van der Waals surface area contributed by atoms with Gasteiger partial charge in [0.15, 0.2) is 5.16 Å². The van der Waals surface area contributed by atoms with E-state index >= 15 is 0 Å². The van der Waals surface area contributed by atoms with E-state index in [0.29, 0.717) is 21.9 Å². The second-order valence-corrected chi connectivity index (χ2v) is 9.93. The van der Waals surface area contributed by atoms with Crippen molar-refractivity contribution in [2.75, 3.05) is 0 Å². The third kappa shape index (κ3) is 4.79. The average molecular weight is 560 g/mol. The van der Waals surface area contributed by atoms with Crippen molar-refractivity contribution >= 4 is 22.8 Å². The molecule has 200 valence electrons. The van der Waals surface area contributed by atoms with Crippen molar-refractivity contribution in [3.05, 3.63) is 112 Å². The molecule has 0 amide bonds. The first-order valence-corrected chi connectivity index (χ1v) is 13.2. The number of nitrogens with zero attached hydrogens (tertiary/aromatic N) is 4. The van der Waals surface area contributed by atoms with E-state index in [4.69, 9.17) is 9.51 Å². The first-order valence-electron chi connectivity index (χ1n) is 12.2. The minimum Gasteiger partial charge on any atom is -0.355 e. The summed E-state index contributed by atoms with van der Waals surface area (Å²) in [5, 5.41) is 4.27. The van der Waals surface area contributed by atoms with Crippen LogP contribution < -0.4 is 5.56 Å². The van der Waals surface area contributed by atoms with Crippen molar-refractivity contribution in [3.8, 4) is 28.2 Å². The van der Waals surface area contributed by atoms with Crippen LogP contribution in [0.25, 0.3) is 39.2 Å². The van der Waals surface area contributed by atoms with Gasteiger partial charge in [0, 0.05) is 17.3 Å². The van der Waals surface area contributed by atoms with E-state index in [1.165, 1.54) is 28.5 Å². The number of H-pyrrole nitrogens is 1.